The fourth-order valence-corrected chi connectivity index (χ4v) is 4.29. The molecule has 1 aliphatic heterocycles. The molecular weight excluding hydrogens is 480 g/mol. The third-order valence-corrected chi connectivity index (χ3v) is 6.29. The predicted molar refractivity (Wildman–Crippen MR) is 140 cm³/mol. The van der Waals surface area contributed by atoms with Crippen molar-refractivity contribution in [3.63, 3.8) is 0 Å². The molecule has 8 heteroatoms. The van der Waals surface area contributed by atoms with Gasteiger partial charge in [-0.1, -0.05) is 29.8 Å². The molecule has 1 N–H and O–H groups in total. The van der Waals surface area contributed by atoms with Crippen LogP contribution >= 0.6 is 11.6 Å². The minimum Gasteiger partial charge on any atom is -0.494 e. The number of halogens is 1. The summed E-state index contributed by atoms with van der Waals surface area (Å²) in [5.41, 5.74) is 1.08. The lowest BCUT2D eigenvalue weighted by atomic mass is 10.1. The quantitative estimate of drug-likeness (QED) is 0.415. The highest BCUT2D eigenvalue weighted by atomic mass is 35.5. The molecule has 1 fully saturated rings. The highest BCUT2D eigenvalue weighted by molar-refractivity contribution is 6.30. The fourth-order valence-electron chi connectivity index (χ4n) is 4.17. The molecule has 4 rings (SSSR count). The summed E-state index contributed by atoms with van der Waals surface area (Å²) in [6, 6.07) is 18.5. The van der Waals surface area contributed by atoms with Crippen LogP contribution in [0.5, 0.6) is 11.5 Å². The Bertz CT molecular complexity index is 1170. The van der Waals surface area contributed by atoms with Gasteiger partial charge in [-0.05, 0) is 60.9 Å². The van der Waals surface area contributed by atoms with E-state index in [1.54, 1.807) is 34.9 Å². The Hall–Kier alpha value is -2.84. The molecule has 0 saturated carbocycles. The van der Waals surface area contributed by atoms with Gasteiger partial charge in [0, 0.05) is 43.5 Å². The van der Waals surface area contributed by atoms with Crippen molar-refractivity contribution in [2.75, 3.05) is 39.5 Å². The normalized spacial score (nSPS) is 18.5. The average molecular weight is 513 g/mol. The number of nitrogens with zero attached hydrogens (tertiary/aromatic N) is 2. The van der Waals surface area contributed by atoms with Crippen molar-refractivity contribution in [3.8, 4) is 11.5 Å². The van der Waals surface area contributed by atoms with Crippen molar-refractivity contribution >= 4 is 11.6 Å². The van der Waals surface area contributed by atoms with Crippen LogP contribution in [0.15, 0.2) is 71.7 Å². The molecule has 0 spiro atoms. The van der Waals surface area contributed by atoms with Gasteiger partial charge < -0.3 is 23.9 Å². The Labute approximate surface area is 216 Å². The first-order valence-corrected chi connectivity index (χ1v) is 12.6. The van der Waals surface area contributed by atoms with Crippen LogP contribution in [0.3, 0.4) is 0 Å². The maximum Gasteiger partial charge on any atom is 0.250 e. The second-order valence-electron chi connectivity index (χ2n) is 9.31. The van der Waals surface area contributed by atoms with Gasteiger partial charge in [0.2, 0.25) is 0 Å². The summed E-state index contributed by atoms with van der Waals surface area (Å²) in [4.78, 5) is 14.1. The fraction of sp³-hybridized carbons (Fsp3) is 0.393. The number of aliphatic hydroxyl groups is 1. The summed E-state index contributed by atoms with van der Waals surface area (Å²) in [7, 11) is 0. The molecule has 2 aromatic carbocycles. The smallest absolute Gasteiger partial charge is 0.250 e. The van der Waals surface area contributed by atoms with Gasteiger partial charge >= 0.3 is 0 Å². The molecule has 1 atom stereocenters. The highest BCUT2D eigenvalue weighted by Gasteiger charge is 2.33. The van der Waals surface area contributed by atoms with Crippen LogP contribution in [0.4, 0.5) is 0 Å². The first kappa shape index (κ1) is 26.2. The van der Waals surface area contributed by atoms with Crippen LogP contribution in [0, 0.1) is 6.92 Å². The molecule has 3 aromatic rings. The zero-order valence-electron chi connectivity index (χ0n) is 20.6. The number of hydrogen-bond acceptors (Lipinski definition) is 6. The van der Waals surface area contributed by atoms with E-state index in [9.17, 15) is 9.90 Å². The third kappa shape index (κ3) is 7.83. The van der Waals surface area contributed by atoms with Gasteiger partial charge in [-0.3, -0.25) is 9.69 Å². The topological polar surface area (TPSA) is 73.2 Å². The van der Waals surface area contributed by atoms with E-state index in [4.69, 9.17) is 25.8 Å². The SMILES string of the molecule is Cc1ccc(=O)n(CCCOc2ccc(CN3CCOC[C@@](O)(COc4ccc(Cl)cc4)C3)cc2)c1. The Morgan fingerprint density at radius 1 is 1.03 bits per heavy atom. The van der Waals surface area contributed by atoms with Gasteiger partial charge in [0.1, 0.15) is 23.7 Å². The van der Waals surface area contributed by atoms with E-state index in [1.807, 2.05) is 43.5 Å². The first-order chi connectivity index (χ1) is 17.4. The van der Waals surface area contributed by atoms with Crippen LogP contribution in [-0.2, 0) is 17.8 Å². The summed E-state index contributed by atoms with van der Waals surface area (Å²) in [5.74, 6) is 1.45. The van der Waals surface area contributed by atoms with Gasteiger partial charge in [0.05, 0.1) is 19.8 Å². The Balaban J connectivity index is 1.24. The van der Waals surface area contributed by atoms with E-state index < -0.39 is 5.60 Å². The first-order valence-electron chi connectivity index (χ1n) is 12.2. The van der Waals surface area contributed by atoms with Gasteiger partial charge in [0.15, 0.2) is 0 Å². The molecule has 1 aromatic heterocycles. The number of aromatic nitrogens is 1. The van der Waals surface area contributed by atoms with Gasteiger partial charge in [-0.15, -0.1) is 0 Å². The van der Waals surface area contributed by atoms with E-state index in [1.165, 1.54) is 0 Å². The summed E-state index contributed by atoms with van der Waals surface area (Å²) in [6.07, 6.45) is 2.62. The van der Waals surface area contributed by atoms with Crippen molar-refractivity contribution in [2.24, 2.45) is 0 Å². The van der Waals surface area contributed by atoms with Crippen LogP contribution in [0.1, 0.15) is 17.5 Å². The number of β-amino-alcohol motifs (C(OH)–C–C–N with tert-alkyl or cyclic N) is 1. The minimum atomic E-state index is -1.11. The van der Waals surface area contributed by atoms with E-state index in [-0.39, 0.29) is 18.8 Å². The minimum absolute atomic E-state index is 0.00676. The molecule has 0 aliphatic carbocycles. The number of pyridine rings is 1. The van der Waals surface area contributed by atoms with Gasteiger partial charge in [0.25, 0.3) is 5.56 Å². The van der Waals surface area contributed by atoms with Crippen molar-refractivity contribution in [1.82, 2.24) is 9.47 Å². The molecule has 0 unspecified atom stereocenters. The van der Waals surface area contributed by atoms with Gasteiger partial charge in [-0.2, -0.15) is 0 Å². The molecule has 1 aliphatic rings. The van der Waals surface area contributed by atoms with Crippen molar-refractivity contribution in [2.45, 2.75) is 32.0 Å². The number of benzene rings is 2. The number of hydrogen-bond donors (Lipinski definition) is 1. The lowest BCUT2D eigenvalue weighted by Crippen LogP contribution is -2.48. The molecular formula is C28H33ClN2O5. The van der Waals surface area contributed by atoms with Crippen molar-refractivity contribution < 1.29 is 19.3 Å². The standard InChI is InChI=1S/C28H33ClN2O5/c1-22-3-12-27(32)31(17-22)13-2-15-35-25-8-4-23(5-9-25)18-30-14-16-34-20-28(33,19-30)21-36-26-10-6-24(29)7-11-26/h3-12,17,33H,2,13-16,18-21H2,1H3/t28-/m1/s1. The van der Waals surface area contributed by atoms with Crippen molar-refractivity contribution in [3.05, 3.63) is 93.4 Å². The van der Waals surface area contributed by atoms with Crippen LogP contribution in [-0.4, -0.2) is 59.7 Å². The summed E-state index contributed by atoms with van der Waals surface area (Å²) < 4.78 is 19.1. The molecule has 7 nitrogen and oxygen atoms in total. The molecule has 2 heterocycles. The summed E-state index contributed by atoms with van der Waals surface area (Å²) in [5, 5.41) is 11.8. The highest BCUT2D eigenvalue weighted by Crippen LogP contribution is 2.21. The molecule has 0 radical (unpaired) electrons. The lowest BCUT2D eigenvalue weighted by Gasteiger charge is -2.30. The van der Waals surface area contributed by atoms with E-state index in [0.29, 0.717) is 43.6 Å². The van der Waals surface area contributed by atoms with Crippen LogP contribution in [0.25, 0.3) is 0 Å². The maximum atomic E-state index is 11.9. The summed E-state index contributed by atoms with van der Waals surface area (Å²) in [6.45, 7) is 5.88. The molecule has 36 heavy (non-hydrogen) atoms. The molecule has 0 amide bonds. The molecule has 192 valence electrons. The number of ether oxygens (including phenoxy) is 3. The van der Waals surface area contributed by atoms with Crippen LogP contribution < -0.4 is 15.0 Å². The second-order valence-corrected chi connectivity index (χ2v) is 9.75. The van der Waals surface area contributed by atoms with E-state index in [2.05, 4.69) is 4.90 Å². The van der Waals surface area contributed by atoms with E-state index >= 15 is 0 Å². The monoisotopic (exact) mass is 512 g/mol. The van der Waals surface area contributed by atoms with E-state index in [0.717, 1.165) is 29.8 Å². The van der Waals surface area contributed by atoms with Crippen molar-refractivity contribution in [1.29, 1.82) is 0 Å². The zero-order valence-corrected chi connectivity index (χ0v) is 21.3. The van der Waals surface area contributed by atoms with Crippen LogP contribution in [0.2, 0.25) is 5.02 Å². The lowest BCUT2D eigenvalue weighted by molar-refractivity contribution is -0.0646. The molecule has 1 saturated heterocycles. The third-order valence-electron chi connectivity index (χ3n) is 6.03. The Morgan fingerprint density at radius 2 is 1.75 bits per heavy atom. The number of aryl methyl sites for hydroxylation is 2. The zero-order chi connectivity index (χ0) is 25.4. The Morgan fingerprint density at radius 3 is 2.53 bits per heavy atom. The summed E-state index contributed by atoms with van der Waals surface area (Å²) >= 11 is 5.93. The predicted octanol–water partition coefficient (Wildman–Crippen LogP) is 3.92. The average Bonchev–Trinajstić information content (AvgIpc) is 3.05. The largest absolute Gasteiger partial charge is 0.494 e. The second kappa shape index (κ2) is 12.4. The van der Waals surface area contributed by atoms with Gasteiger partial charge in [-0.25, -0.2) is 0 Å². The molecule has 0 bridgehead atoms. The maximum absolute atomic E-state index is 11.9. The Kier molecular flexibility index (Phi) is 9.04. The number of rotatable bonds is 10.